The van der Waals surface area contributed by atoms with Gasteiger partial charge in [-0.1, -0.05) is 30.3 Å². The number of aryl methyl sites for hydroxylation is 1. The second-order valence-electron chi connectivity index (χ2n) is 6.11. The molecule has 0 saturated heterocycles. The van der Waals surface area contributed by atoms with Gasteiger partial charge in [0.25, 0.3) is 0 Å². The molecule has 1 amide bonds. The smallest absolute Gasteiger partial charge is 0.248 e. The van der Waals surface area contributed by atoms with E-state index >= 15 is 0 Å². The number of primary amides is 1. The van der Waals surface area contributed by atoms with E-state index in [4.69, 9.17) is 5.73 Å². The summed E-state index contributed by atoms with van der Waals surface area (Å²) in [6.07, 6.45) is 4.42. The van der Waals surface area contributed by atoms with Crippen LogP contribution < -0.4 is 5.73 Å². The lowest BCUT2D eigenvalue weighted by Gasteiger charge is -2.20. The number of carbonyl (C=O) groups is 1. The van der Waals surface area contributed by atoms with E-state index < -0.39 is 5.91 Å². The van der Waals surface area contributed by atoms with Gasteiger partial charge in [-0.15, -0.1) is 0 Å². The summed E-state index contributed by atoms with van der Waals surface area (Å²) in [7, 11) is 0. The molecule has 4 nitrogen and oxygen atoms in total. The number of amides is 1. The minimum Gasteiger partial charge on any atom is -0.366 e. The molecule has 1 unspecified atom stereocenters. The lowest BCUT2D eigenvalue weighted by molar-refractivity contribution is 0.100. The third-order valence-electron chi connectivity index (χ3n) is 4.60. The first-order valence-corrected chi connectivity index (χ1v) is 7.99. The second-order valence-corrected chi connectivity index (χ2v) is 6.11. The van der Waals surface area contributed by atoms with Crippen LogP contribution in [0.4, 0.5) is 0 Å². The van der Waals surface area contributed by atoms with Crippen LogP contribution in [0.3, 0.4) is 0 Å². The predicted octanol–water partition coefficient (Wildman–Crippen LogP) is 3.50. The van der Waals surface area contributed by atoms with Gasteiger partial charge in [0.15, 0.2) is 0 Å². The van der Waals surface area contributed by atoms with Crippen LogP contribution in [0, 0.1) is 13.8 Å². The molecule has 0 bridgehead atoms. The molecule has 3 N–H and O–H groups in total. The lowest BCUT2D eigenvalue weighted by Crippen LogP contribution is -2.11. The molecular weight excluding hydrogens is 298 g/mol. The predicted molar refractivity (Wildman–Crippen MR) is 95.0 cm³/mol. The number of nitrogens with zero attached hydrogens (tertiary/aromatic N) is 1. The molecule has 0 radical (unpaired) electrons. The van der Waals surface area contributed by atoms with E-state index in [1.807, 2.05) is 18.3 Å². The van der Waals surface area contributed by atoms with Gasteiger partial charge in [0.1, 0.15) is 0 Å². The van der Waals surface area contributed by atoms with Crippen LogP contribution in [0.25, 0.3) is 0 Å². The SMILES string of the molecule is Cc1cccc(C(Cc2ccc(C(N)=O)cc2)c2cnc[nH]2)c1C. The number of hydrogen-bond donors (Lipinski definition) is 2. The minimum absolute atomic E-state index is 0.187. The number of imidazole rings is 1. The molecule has 4 heteroatoms. The standard InChI is InChI=1S/C20H21N3O/c1-13-4-3-5-17(14(13)2)18(19-11-22-12-23-19)10-15-6-8-16(9-7-15)20(21)24/h3-9,11-12,18H,10H2,1-2H3,(H2,21,24)(H,22,23). The van der Waals surface area contributed by atoms with Crippen molar-refractivity contribution in [3.8, 4) is 0 Å². The maximum Gasteiger partial charge on any atom is 0.248 e. The number of carbonyl (C=O) groups excluding carboxylic acids is 1. The Morgan fingerprint density at radius 1 is 1.17 bits per heavy atom. The fourth-order valence-electron chi connectivity index (χ4n) is 3.04. The highest BCUT2D eigenvalue weighted by Gasteiger charge is 2.19. The number of rotatable bonds is 5. The van der Waals surface area contributed by atoms with E-state index in [1.165, 1.54) is 16.7 Å². The highest BCUT2D eigenvalue weighted by Crippen LogP contribution is 2.30. The molecule has 2 aromatic carbocycles. The van der Waals surface area contributed by atoms with Crippen molar-refractivity contribution in [1.82, 2.24) is 9.97 Å². The van der Waals surface area contributed by atoms with E-state index in [0.717, 1.165) is 17.7 Å². The summed E-state index contributed by atoms with van der Waals surface area (Å²) in [5.74, 6) is -0.215. The number of nitrogens with one attached hydrogen (secondary N) is 1. The van der Waals surface area contributed by atoms with Crippen LogP contribution >= 0.6 is 0 Å². The maximum atomic E-state index is 11.2. The van der Waals surface area contributed by atoms with Gasteiger partial charge in [-0.05, 0) is 54.7 Å². The molecule has 0 aliphatic carbocycles. The molecule has 0 fully saturated rings. The zero-order chi connectivity index (χ0) is 17.1. The largest absolute Gasteiger partial charge is 0.366 e. The molecule has 3 rings (SSSR count). The first kappa shape index (κ1) is 16.0. The molecule has 0 aliphatic heterocycles. The molecule has 0 spiro atoms. The Morgan fingerprint density at radius 2 is 1.92 bits per heavy atom. The molecule has 3 aromatic rings. The topological polar surface area (TPSA) is 71.8 Å². The summed E-state index contributed by atoms with van der Waals surface area (Å²) >= 11 is 0. The van der Waals surface area contributed by atoms with Crippen LogP contribution in [-0.4, -0.2) is 15.9 Å². The molecule has 122 valence electrons. The number of H-pyrrole nitrogens is 1. The Morgan fingerprint density at radius 3 is 2.54 bits per heavy atom. The van der Waals surface area contributed by atoms with E-state index in [0.29, 0.717) is 5.56 Å². The van der Waals surface area contributed by atoms with Crippen molar-refractivity contribution < 1.29 is 4.79 Å². The average Bonchev–Trinajstić information content (AvgIpc) is 3.10. The Bertz CT molecular complexity index is 836. The van der Waals surface area contributed by atoms with Gasteiger partial charge in [0.2, 0.25) is 5.91 Å². The van der Waals surface area contributed by atoms with Crippen molar-refractivity contribution in [2.75, 3.05) is 0 Å². The van der Waals surface area contributed by atoms with Crippen molar-refractivity contribution in [3.63, 3.8) is 0 Å². The average molecular weight is 319 g/mol. The number of hydrogen-bond acceptors (Lipinski definition) is 2. The van der Waals surface area contributed by atoms with Gasteiger partial charge in [-0.2, -0.15) is 0 Å². The van der Waals surface area contributed by atoms with Gasteiger partial charge >= 0.3 is 0 Å². The number of aromatic amines is 1. The molecule has 24 heavy (non-hydrogen) atoms. The van der Waals surface area contributed by atoms with E-state index in [1.54, 1.807) is 18.5 Å². The normalized spacial score (nSPS) is 12.1. The Balaban J connectivity index is 1.97. The van der Waals surface area contributed by atoms with Gasteiger partial charge < -0.3 is 10.7 Å². The van der Waals surface area contributed by atoms with Crippen molar-refractivity contribution in [2.24, 2.45) is 5.73 Å². The number of benzene rings is 2. The monoisotopic (exact) mass is 319 g/mol. The van der Waals surface area contributed by atoms with Gasteiger partial charge in [-0.25, -0.2) is 4.98 Å². The van der Waals surface area contributed by atoms with Crippen LogP contribution in [-0.2, 0) is 6.42 Å². The molecular formula is C20H21N3O. The molecule has 1 heterocycles. The Kier molecular flexibility index (Phi) is 4.47. The van der Waals surface area contributed by atoms with Crippen molar-refractivity contribution in [1.29, 1.82) is 0 Å². The fourth-order valence-corrected chi connectivity index (χ4v) is 3.04. The van der Waals surface area contributed by atoms with E-state index in [-0.39, 0.29) is 5.92 Å². The first-order chi connectivity index (χ1) is 11.6. The number of nitrogens with two attached hydrogens (primary N) is 1. The molecule has 0 saturated carbocycles. The van der Waals surface area contributed by atoms with Crippen molar-refractivity contribution in [2.45, 2.75) is 26.2 Å². The third kappa shape index (κ3) is 3.23. The second kappa shape index (κ2) is 6.71. The molecule has 0 aliphatic rings. The van der Waals surface area contributed by atoms with Crippen molar-refractivity contribution >= 4 is 5.91 Å². The Hall–Kier alpha value is -2.88. The van der Waals surface area contributed by atoms with Crippen LogP contribution in [0.5, 0.6) is 0 Å². The maximum absolute atomic E-state index is 11.2. The minimum atomic E-state index is -0.402. The summed E-state index contributed by atoms with van der Waals surface area (Å²) in [5.41, 5.74) is 12.0. The zero-order valence-electron chi connectivity index (χ0n) is 13.9. The summed E-state index contributed by atoms with van der Waals surface area (Å²) in [6.45, 7) is 4.29. The molecule has 1 atom stereocenters. The fraction of sp³-hybridized carbons (Fsp3) is 0.200. The molecule has 1 aromatic heterocycles. The summed E-state index contributed by atoms with van der Waals surface area (Å²) in [4.78, 5) is 18.7. The number of aromatic nitrogens is 2. The summed E-state index contributed by atoms with van der Waals surface area (Å²) in [6, 6.07) is 13.9. The highest BCUT2D eigenvalue weighted by atomic mass is 16.1. The van der Waals surface area contributed by atoms with Gasteiger partial charge in [0.05, 0.1) is 6.33 Å². The van der Waals surface area contributed by atoms with Gasteiger partial charge in [-0.3, -0.25) is 4.79 Å². The summed E-state index contributed by atoms with van der Waals surface area (Å²) < 4.78 is 0. The summed E-state index contributed by atoms with van der Waals surface area (Å²) in [5, 5.41) is 0. The third-order valence-corrected chi connectivity index (χ3v) is 4.60. The van der Waals surface area contributed by atoms with E-state index in [9.17, 15) is 4.79 Å². The van der Waals surface area contributed by atoms with Crippen LogP contribution in [0.1, 0.15) is 44.2 Å². The lowest BCUT2D eigenvalue weighted by atomic mass is 9.85. The zero-order valence-corrected chi connectivity index (χ0v) is 13.9. The Labute approximate surface area is 141 Å². The van der Waals surface area contributed by atoms with Crippen LogP contribution in [0.15, 0.2) is 55.0 Å². The highest BCUT2D eigenvalue weighted by molar-refractivity contribution is 5.92. The van der Waals surface area contributed by atoms with Crippen LogP contribution in [0.2, 0.25) is 0 Å². The van der Waals surface area contributed by atoms with E-state index in [2.05, 4.69) is 42.0 Å². The van der Waals surface area contributed by atoms with Gasteiger partial charge in [0, 0.05) is 23.4 Å². The van der Waals surface area contributed by atoms with Crippen molar-refractivity contribution in [3.05, 3.63) is 88.5 Å². The first-order valence-electron chi connectivity index (χ1n) is 7.99. The quantitative estimate of drug-likeness (QED) is 0.755.